The van der Waals surface area contributed by atoms with Gasteiger partial charge in [0.15, 0.2) is 5.76 Å². The van der Waals surface area contributed by atoms with E-state index in [9.17, 15) is 0 Å². The summed E-state index contributed by atoms with van der Waals surface area (Å²) in [4.78, 5) is 8.46. The summed E-state index contributed by atoms with van der Waals surface area (Å²) in [5.74, 6) is 0.923. The van der Waals surface area contributed by atoms with Crippen LogP contribution >= 0.6 is 0 Å². The Bertz CT molecular complexity index is 688. The maximum Gasteiger partial charge on any atom is 0.221 e. The average Bonchev–Trinajstić information content (AvgIpc) is 2.93. The molecular weight excluding hydrogens is 238 g/mol. The summed E-state index contributed by atoms with van der Waals surface area (Å²) < 4.78 is 5.34. The van der Waals surface area contributed by atoms with E-state index in [0.29, 0.717) is 11.5 Å². The van der Waals surface area contributed by atoms with Crippen LogP contribution in [0.15, 0.2) is 53.1 Å². The van der Waals surface area contributed by atoms with Crippen molar-refractivity contribution in [3.63, 3.8) is 0 Å². The highest BCUT2D eigenvalue weighted by atomic mass is 16.3. The van der Waals surface area contributed by atoms with Crippen LogP contribution < -0.4 is 5.73 Å². The Kier molecular flexibility index (Phi) is 2.76. The van der Waals surface area contributed by atoms with Gasteiger partial charge in [0.05, 0.1) is 12.0 Å². The van der Waals surface area contributed by atoms with Gasteiger partial charge in [-0.3, -0.25) is 0 Å². The van der Waals surface area contributed by atoms with Crippen LogP contribution in [-0.2, 0) is 0 Å². The molecule has 3 rings (SSSR count). The number of rotatable bonds is 2. The number of anilines is 1. The molecule has 0 saturated heterocycles. The maximum atomic E-state index is 5.77. The van der Waals surface area contributed by atoms with E-state index in [1.165, 1.54) is 5.56 Å². The fourth-order valence-electron chi connectivity index (χ4n) is 1.89. The second-order valence-electron chi connectivity index (χ2n) is 4.34. The van der Waals surface area contributed by atoms with Gasteiger partial charge in [0, 0.05) is 5.56 Å². The lowest BCUT2D eigenvalue weighted by Crippen LogP contribution is -1.98. The number of aryl methyl sites for hydroxylation is 1. The van der Waals surface area contributed by atoms with E-state index in [0.717, 1.165) is 11.3 Å². The SMILES string of the molecule is Cc1ccc(-c2cc(-c3ccco3)nc(N)n2)cc1. The molecule has 0 radical (unpaired) electrons. The molecule has 4 heteroatoms. The molecule has 2 heterocycles. The zero-order valence-corrected chi connectivity index (χ0v) is 10.5. The lowest BCUT2D eigenvalue weighted by Gasteiger charge is -2.05. The van der Waals surface area contributed by atoms with E-state index in [1.54, 1.807) is 6.26 Å². The van der Waals surface area contributed by atoms with Gasteiger partial charge in [-0.2, -0.15) is 0 Å². The predicted octanol–water partition coefficient (Wildman–Crippen LogP) is 3.29. The zero-order chi connectivity index (χ0) is 13.2. The van der Waals surface area contributed by atoms with E-state index < -0.39 is 0 Å². The van der Waals surface area contributed by atoms with Gasteiger partial charge in [-0.05, 0) is 25.1 Å². The van der Waals surface area contributed by atoms with Crippen molar-refractivity contribution < 1.29 is 4.42 Å². The second kappa shape index (κ2) is 4.57. The van der Waals surface area contributed by atoms with Crippen LogP contribution in [0.1, 0.15) is 5.56 Å². The second-order valence-corrected chi connectivity index (χ2v) is 4.34. The molecule has 0 atom stereocenters. The molecule has 0 bridgehead atoms. The summed E-state index contributed by atoms with van der Waals surface area (Å²) in [6, 6.07) is 13.7. The third-order valence-corrected chi connectivity index (χ3v) is 2.86. The summed E-state index contributed by atoms with van der Waals surface area (Å²) >= 11 is 0. The minimum Gasteiger partial charge on any atom is -0.463 e. The molecule has 2 aromatic heterocycles. The summed E-state index contributed by atoms with van der Waals surface area (Å²) in [5, 5.41) is 0. The first-order valence-electron chi connectivity index (χ1n) is 5.98. The molecule has 1 aromatic carbocycles. The Morgan fingerprint density at radius 2 is 1.74 bits per heavy atom. The standard InChI is InChI=1S/C15H13N3O/c1-10-4-6-11(7-5-10)12-9-13(18-15(16)17-12)14-3-2-8-19-14/h2-9H,1H3,(H2,16,17,18). The van der Waals surface area contributed by atoms with Gasteiger partial charge in [0.1, 0.15) is 5.69 Å². The third-order valence-electron chi connectivity index (χ3n) is 2.86. The molecule has 0 aliphatic heterocycles. The quantitative estimate of drug-likeness (QED) is 0.759. The number of nitrogen functional groups attached to an aromatic ring is 1. The average molecular weight is 251 g/mol. The highest BCUT2D eigenvalue weighted by Crippen LogP contribution is 2.24. The molecule has 4 nitrogen and oxygen atoms in total. The lowest BCUT2D eigenvalue weighted by molar-refractivity contribution is 0.580. The summed E-state index contributed by atoms with van der Waals surface area (Å²) in [7, 11) is 0. The molecule has 0 unspecified atom stereocenters. The van der Waals surface area contributed by atoms with Crippen molar-refractivity contribution in [1.29, 1.82) is 0 Å². The molecule has 19 heavy (non-hydrogen) atoms. The molecule has 2 N–H and O–H groups in total. The van der Waals surface area contributed by atoms with Crippen LogP contribution in [0.2, 0.25) is 0 Å². The number of hydrogen-bond acceptors (Lipinski definition) is 4. The number of furan rings is 1. The van der Waals surface area contributed by atoms with Crippen molar-refractivity contribution in [2.24, 2.45) is 0 Å². The van der Waals surface area contributed by atoms with Gasteiger partial charge in [-0.15, -0.1) is 0 Å². The third kappa shape index (κ3) is 2.33. The van der Waals surface area contributed by atoms with Crippen molar-refractivity contribution in [3.8, 4) is 22.7 Å². The summed E-state index contributed by atoms with van der Waals surface area (Å²) in [6.45, 7) is 2.05. The first kappa shape index (κ1) is 11.5. The predicted molar refractivity (Wildman–Crippen MR) is 74.3 cm³/mol. The van der Waals surface area contributed by atoms with Crippen molar-refractivity contribution in [2.75, 3.05) is 5.73 Å². The largest absolute Gasteiger partial charge is 0.463 e. The molecule has 0 fully saturated rings. The Morgan fingerprint density at radius 1 is 1.00 bits per heavy atom. The minimum atomic E-state index is 0.240. The van der Waals surface area contributed by atoms with Crippen LogP contribution in [0, 0.1) is 6.92 Å². The van der Waals surface area contributed by atoms with E-state index in [1.807, 2.05) is 49.4 Å². The van der Waals surface area contributed by atoms with Crippen molar-refractivity contribution >= 4 is 5.95 Å². The van der Waals surface area contributed by atoms with Crippen LogP contribution in [0.4, 0.5) is 5.95 Å². The Labute approximate surface area is 110 Å². The molecule has 0 amide bonds. The molecule has 0 spiro atoms. The van der Waals surface area contributed by atoms with Gasteiger partial charge in [-0.1, -0.05) is 29.8 Å². The normalized spacial score (nSPS) is 10.6. The topological polar surface area (TPSA) is 64.9 Å². The number of benzene rings is 1. The molecule has 0 aliphatic carbocycles. The van der Waals surface area contributed by atoms with Gasteiger partial charge < -0.3 is 10.2 Å². The number of nitrogens with zero attached hydrogens (tertiary/aromatic N) is 2. The minimum absolute atomic E-state index is 0.240. The Hall–Kier alpha value is -2.62. The van der Waals surface area contributed by atoms with Crippen molar-refractivity contribution in [2.45, 2.75) is 6.92 Å². The van der Waals surface area contributed by atoms with E-state index >= 15 is 0 Å². The van der Waals surface area contributed by atoms with Crippen LogP contribution in [-0.4, -0.2) is 9.97 Å². The van der Waals surface area contributed by atoms with Gasteiger partial charge in [0.2, 0.25) is 5.95 Å². The molecule has 0 aliphatic rings. The van der Waals surface area contributed by atoms with Gasteiger partial charge >= 0.3 is 0 Å². The molecule has 3 aromatic rings. The van der Waals surface area contributed by atoms with Crippen LogP contribution in [0.25, 0.3) is 22.7 Å². The Balaban J connectivity index is 2.10. The lowest BCUT2D eigenvalue weighted by atomic mass is 10.1. The first-order valence-corrected chi connectivity index (χ1v) is 5.98. The van der Waals surface area contributed by atoms with Crippen molar-refractivity contribution in [1.82, 2.24) is 9.97 Å². The molecule has 94 valence electrons. The van der Waals surface area contributed by atoms with E-state index in [4.69, 9.17) is 10.2 Å². The number of hydrogen-bond donors (Lipinski definition) is 1. The van der Waals surface area contributed by atoms with E-state index in [-0.39, 0.29) is 5.95 Å². The molecular formula is C15H13N3O. The van der Waals surface area contributed by atoms with Crippen LogP contribution in [0.3, 0.4) is 0 Å². The zero-order valence-electron chi connectivity index (χ0n) is 10.5. The number of nitrogens with two attached hydrogens (primary N) is 1. The van der Waals surface area contributed by atoms with Crippen molar-refractivity contribution in [3.05, 3.63) is 54.3 Å². The summed E-state index contributed by atoms with van der Waals surface area (Å²) in [6.07, 6.45) is 1.61. The first-order chi connectivity index (χ1) is 9.22. The van der Waals surface area contributed by atoms with E-state index in [2.05, 4.69) is 9.97 Å². The summed E-state index contributed by atoms with van der Waals surface area (Å²) in [5.41, 5.74) is 9.46. The van der Waals surface area contributed by atoms with Gasteiger partial charge in [-0.25, -0.2) is 9.97 Å². The molecule has 0 saturated carbocycles. The monoisotopic (exact) mass is 251 g/mol. The maximum absolute atomic E-state index is 5.77. The van der Waals surface area contributed by atoms with Gasteiger partial charge in [0.25, 0.3) is 0 Å². The van der Waals surface area contributed by atoms with Crippen LogP contribution in [0.5, 0.6) is 0 Å². The highest BCUT2D eigenvalue weighted by Gasteiger charge is 2.08. The highest BCUT2D eigenvalue weighted by molar-refractivity contribution is 5.66. The smallest absolute Gasteiger partial charge is 0.221 e. The Morgan fingerprint density at radius 3 is 2.42 bits per heavy atom. The fraction of sp³-hybridized carbons (Fsp3) is 0.0667. The number of aromatic nitrogens is 2. The fourth-order valence-corrected chi connectivity index (χ4v) is 1.89.